The second kappa shape index (κ2) is 7.00. The van der Waals surface area contributed by atoms with Crippen molar-refractivity contribution in [2.75, 3.05) is 5.32 Å². The first-order valence-corrected chi connectivity index (χ1v) is 9.56. The van der Waals surface area contributed by atoms with Crippen LogP contribution in [-0.4, -0.2) is 15.5 Å². The van der Waals surface area contributed by atoms with E-state index in [1.165, 1.54) is 0 Å². The molecule has 0 fully saturated rings. The lowest BCUT2D eigenvalue weighted by Gasteiger charge is -2.30. The zero-order valence-electron chi connectivity index (χ0n) is 14.5. The molecule has 4 nitrogen and oxygen atoms in total. The van der Waals surface area contributed by atoms with Gasteiger partial charge in [-0.1, -0.05) is 37.3 Å². The first-order valence-electron chi connectivity index (χ1n) is 8.76. The molecule has 1 atom stereocenters. The van der Waals surface area contributed by atoms with E-state index in [-0.39, 0.29) is 12.1 Å². The van der Waals surface area contributed by atoms with Crippen LogP contribution in [0, 0.1) is 0 Å². The second-order valence-electron chi connectivity index (χ2n) is 6.39. The predicted molar refractivity (Wildman–Crippen MR) is 108 cm³/mol. The highest BCUT2D eigenvalue weighted by atomic mass is 79.9. The van der Waals surface area contributed by atoms with E-state index in [0.717, 1.165) is 33.5 Å². The molecule has 0 aliphatic carbocycles. The van der Waals surface area contributed by atoms with E-state index in [1.54, 1.807) is 0 Å². The van der Waals surface area contributed by atoms with E-state index in [1.807, 2.05) is 47.4 Å². The average molecular weight is 410 g/mol. The maximum atomic E-state index is 13.2. The average Bonchev–Trinajstić information content (AvgIpc) is 3.08. The molecule has 2 aromatic carbocycles. The summed E-state index contributed by atoms with van der Waals surface area (Å²) in [7, 11) is 0. The van der Waals surface area contributed by atoms with Crippen molar-refractivity contribution in [3.05, 3.63) is 82.6 Å². The lowest BCUT2D eigenvalue weighted by Crippen LogP contribution is -2.37. The maximum Gasteiger partial charge on any atom is 0.322 e. The van der Waals surface area contributed by atoms with Crippen molar-refractivity contribution in [3.63, 3.8) is 0 Å². The maximum absolute atomic E-state index is 13.2. The Morgan fingerprint density at radius 3 is 2.69 bits per heavy atom. The molecule has 1 aliphatic heterocycles. The van der Waals surface area contributed by atoms with Gasteiger partial charge in [0.15, 0.2) is 0 Å². The normalized spacial score (nSPS) is 15.8. The summed E-state index contributed by atoms with van der Waals surface area (Å²) < 4.78 is 3.08. The molecular formula is C21H20BrN3O. The van der Waals surface area contributed by atoms with Crippen LogP contribution in [0.15, 0.2) is 71.3 Å². The number of urea groups is 1. The molecule has 0 bridgehead atoms. The number of benzene rings is 2. The Kier molecular flexibility index (Phi) is 4.55. The summed E-state index contributed by atoms with van der Waals surface area (Å²) in [6, 6.07) is 20.0. The van der Waals surface area contributed by atoms with Crippen LogP contribution in [0.25, 0.3) is 5.69 Å². The van der Waals surface area contributed by atoms with Crippen molar-refractivity contribution in [2.45, 2.75) is 25.9 Å². The van der Waals surface area contributed by atoms with Gasteiger partial charge in [-0.25, -0.2) is 4.79 Å². The highest BCUT2D eigenvalue weighted by Gasteiger charge is 2.30. The third-order valence-corrected chi connectivity index (χ3v) is 5.54. The van der Waals surface area contributed by atoms with Gasteiger partial charge in [-0.3, -0.25) is 0 Å². The van der Waals surface area contributed by atoms with E-state index in [4.69, 9.17) is 0 Å². The molecule has 5 heteroatoms. The van der Waals surface area contributed by atoms with Crippen molar-refractivity contribution < 1.29 is 4.79 Å². The first-order chi connectivity index (χ1) is 12.7. The van der Waals surface area contributed by atoms with Crippen LogP contribution in [0.4, 0.5) is 10.5 Å². The van der Waals surface area contributed by atoms with E-state index in [2.05, 4.69) is 57.1 Å². The summed E-state index contributed by atoms with van der Waals surface area (Å²) in [5.74, 6) is 0. The Morgan fingerprint density at radius 1 is 1.12 bits per heavy atom. The van der Waals surface area contributed by atoms with Gasteiger partial charge in [0.05, 0.1) is 24.0 Å². The van der Waals surface area contributed by atoms with Crippen LogP contribution in [0.2, 0.25) is 0 Å². The Bertz CT molecular complexity index is 950. The molecule has 3 aromatic rings. The van der Waals surface area contributed by atoms with Crippen LogP contribution in [0.5, 0.6) is 0 Å². The van der Waals surface area contributed by atoms with Gasteiger partial charge in [-0.05, 0) is 58.2 Å². The van der Waals surface area contributed by atoms with Crippen molar-refractivity contribution in [3.8, 4) is 5.69 Å². The van der Waals surface area contributed by atoms with Gasteiger partial charge in [0.25, 0.3) is 0 Å². The molecule has 132 valence electrons. The van der Waals surface area contributed by atoms with Gasteiger partial charge in [-0.2, -0.15) is 0 Å². The number of carbonyl (C=O) groups is 1. The van der Waals surface area contributed by atoms with Gasteiger partial charge in [0.1, 0.15) is 0 Å². The first kappa shape index (κ1) is 16.9. The number of carbonyl (C=O) groups excluding carboxylic acids is 1. The minimum atomic E-state index is -0.0896. The van der Waals surface area contributed by atoms with Crippen molar-refractivity contribution in [2.24, 2.45) is 0 Å². The number of amides is 2. The Labute approximate surface area is 161 Å². The summed E-state index contributed by atoms with van der Waals surface area (Å²) >= 11 is 3.50. The SMILES string of the molecule is CC[C@H]1c2cccn2-c2ccccc2CN1C(=O)Nc1ccccc1Br. The van der Waals surface area contributed by atoms with Gasteiger partial charge in [0.2, 0.25) is 0 Å². The third-order valence-electron chi connectivity index (χ3n) is 4.85. The smallest absolute Gasteiger partial charge is 0.318 e. The fourth-order valence-electron chi connectivity index (χ4n) is 3.61. The lowest BCUT2D eigenvalue weighted by molar-refractivity contribution is 0.181. The summed E-state index contributed by atoms with van der Waals surface area (Å²) in [5.41, 5.74) is 4.20. The molecule has 26 heavy (non-hydrogen) atoms. The quantitative estimate of drug-likeness (QED) is 0.575. The summed E-state index contributed by atoms with van der Waals surface area (Å²) in [4.78, 5) is 15.1. The molecule has 0 radical (unpaired) electrons. The van der Waals surface area contributed by atoms with E-state index in [0.29, 0.717) is 6.54 Å². The monoisotopic (exact) mass is 409 g/mol. The van der Waals surface area contributed by atoms with Gasteiger partial charge in [0, 0.05) is 16.4 Å². The van der Waals surface area contributed by atoms with Crippen molar-refractivity contribution in [1.82, 2.24) is 9.47 Å². The second-order valence-corrected chi connectivity index (χ2v) is 7.25. The Morgan fingerprint density at radius 2 is 1.88 bits per heavy atom. The van der Waals surface area contributed by atoms with Crippen LogP contribution in [-0.2, 0) is 6.54 Å². The molecule has 1 N–H and O–H groups in total. The minimum Gasteiger partial charge on any atom is -0.318 e. The number of rotatable bonds is 2. The molecular weight excluding hydrogens is 390 g/mol. The molecule has 0 spiro atoms. The van der Waals surface area contributed by atoms with Crippen LogP contribution >= 0.6 is 15.9 Å². The number of halogens is 1. The summed E-state index contributed by atoms with van der Waals surface area (Å²) in [6.07, 6.45) is 2.92. The topological polar surface area (TPSA) is 37.3 Å². The molecule has 4 rings (SSSR count). The number of anilines is 1. The zero-order valence-corrected chi connectivity index (χ0v) is 16.1. The highest BCUT2D eigenvalue weighted by molar-refractivity contribution is 9.10. The summed E-state index contributed by atoms with van der Waals surface area (Å²) in [5, 5.41) is 3.06. The van der Waals surface area contributed by atoms with E-state index >= 15 is 0 Å². The van der Waals surface area contributed by atoms with E-state index < -0.39 is 0 Å². The number of nitrogens with zero attached hydrogens (tertiary/aromatic N) is 2. The number of para-hydroxylation sites is 2. The van der Waals surface area contributed by atoms with Crippen LogP contribution in [0.3, 0.4) is 0 Å². The molecule has 1 aliphatic rings. The van der Waals surface area contributed by atoms with Crippen LogP contribution < -0.4 is 5.32 Å². The number of hydrogen-bond acceptors (Lipinski definition) is 1. The molecule has 0 saturated heterocycles. The minimum absolute atomic E-state index is 0.0138. The van der Waals surface area contributed by atoms with Crippen molar-refractivity contribution in [1.29, 1.82) is 0 Å². The number of aromatic nitrogens is 1. The fraction of sp³-hybridized carbons (Fsp3) is 0.190. The molecule has 2 amide bonds. The number of hydrogen-bond donors (Lipinski definition) is 1. The standard InChI is InChI=1S/C21H20BrN3O/c1-2-18-20-12-7-13-24(20)19-11-6-3-8-15(19)14-25(18)21(26)23-17-10-5-4-9-16(17)22/h3-13,18H,2,14H2,1H3,(H,23,26)/t18-/m0/s1. The molecule has 0 unspecified atom stereocenters. The largest absolute Gasteiger partial charge is 0.322 e. The Balaban J connectivity index is 1.74. The van der Waals surface area contributed by atoms with Crippen molar-refractivity contribution >= 4 is 27.6 Å². The van der Waals surface area contributed by atoms with Gasteiger partial charge in [-0.15, -0.1) is 0 Å². The third kappa shape index (κ3) is 2.92. The molecule has 0 saturated carbocycles. The summed E-state index contributed by atoms with van der Waals surface area (Å²) in [6.45, 7) is 2.70. The highest BCUT2D eigenvalue weighted by Crippen LogP contribution is 2.34. The van der Waals surface area contributed by atoms with E-state index in [9.17, 15) is 4.79 Å². The zero-order chi connectivity index (χ0) is 18.1. The number of fused-ring (bicyclic) bond motifs is 3. The lowest BCUT2D eigenvalue weighted by atomic mass is 10.1. The molecule has 1 aromatic heterocycles. The fourth-order valence-corrected chi connectivity index (χ4v) is 3.99. The Hall–Kier alpha value is -2.53. The van der Waals surface area contributed by atoms with Gasteiger partial charge >= 0.3 is 6.03 Å². The number of nitrogens with one attached hydrogen (secondary N) is 1. The van der Waals surface area contributed by atoms with Gasteiger partial charge < -0.3 is 14.8 Å². The molecule has 2 heterocycles. The predicted octanol–water partition coefficient (Wildman–Crippen LogP) is 5.74. The van der Waals surface area contributed by atoms with Crippen LogP contribution in [0.1, 0.15) is 30.6 Å².